The Morgan fingerprint density at radius 3 is 2.75 bits per heavy atom. The third-order valence-electron chi connectivity index (χ3n) is 4.39. The molecule has 0 aliphatic heterocycles. The Balaban J connectivity index is 1.48. The van der Waals surface area contributed by atoms with E-state index in [2.05, 4.69) is 20.7 Å². The van der Waals surface area contributed by atoms with Crippen molar-refractivity contribution in [2.24, 2.45) is 5.10 Å². The lowest BCUT2D eigenvalue weighted by molar-refractivity contribution is -0.121. The largest absolute Gasteiger partial charge is 0.489 e. The van der Waals surface area contributed by atoms with Crippen molar-refractivity contribution in [2.75, 3.05) is 0 Å². The number of hydrazone groups is 1. The molecule has 28 heavy (non-hydrogen) atoms. The lowest BCUT2D eigenvalue weighted by Gasteiger charge is -2.06. The second-order valence-electron chi connectivity index (χ2n) is 6.55. The molecule has 6 heteroatoms. The van der Waals surface area contributed by atoms with Gasteiger partial charge in [0.2, 0.25) is 5.91 Å². The Labute approximate surface area is 164 Å². The Morgan fingerprint density at radius 2 is 2.00 bits per heavy atom. The molecule has 6 nitrogen and oxygen atoms in total. The van der Waals surface area contributed by atoms with Crippen LogP contribution >= 0.6 is 0 Å². The predicted molar refractivity (Wildman–Crippen MR) is 109 cm³/mol. The van der Waals surface area contributed by atoms with Crippen molar-refractivity contribution in [1.82, 2.24) is 15.6 Å². The number of H-pyrrole nitrogens is 1. The number of benzene rings is 2. The number of hydrogen-bond donors (Lipinski definition) is 2. The van der Waals surface area contributed by atoms with Crippen LogP contribution in [0.1, 0.15) is 34.5 Å². The summed E-state index contributed by atoms with van der Waals surface area (Å²) in [4.78, 5) is 12.0. The zero-order valence-electron chi connectivity index (χ0n) is 16.1. The van der Waals surface area contributed by atoms with E-state index in [0.29, 0.717) is 19.4 Å². The summed E-state index contributed by atoms with van der Waals surface area (Å²) in [6, 6.07) is 17.6. The second-order valence-corrected chi connectivity index (χ2v) is 6.55. The number of nitrogens with one attached hydrogen (secondary N) is 2. The first kappa shape index (κ1) is 19.4. The van der Waals surface area contributed by atoms with Crippen LogP contribution in [0.25, 0.3) is 0 Å². The van der Waals surface area contributed by atoms with Crippen LogP contribution in [0.3, 0.4) is 0 Å². The average molecular weight is 376 g/mol. The van der Waals surface area contributed by atoms with E-state index in [-0.39, 0.29) is 5.91 Å². The molecule has 2 aromatic carbocycles. The monoisotopic (exact) mass is 376 g/mol. The van der Waals surface area contributed by atoms with E-state index in [1.54, 1.807) is 6.21 Å². The van der Waals surface area contributed by atoms with Crippen LogP contribution in [-0.2, 0) is 17.8 Å². The quantitative estimate of drug-likeness (QED) is 0.465. The van der Waals surface area contributed by atoms with Gasteiger partial charge in [0.15, 0.2) is 0 Å². The topological polar surface area (TPSA) is 79.4 Å². The summed E-state index contributed by atoms with van der Waals surface area (Å²) < 4.78 is 5.80. The van der Waals surface area contributed by atoms with E-state index in [1.807, 2.05) is 68.4 Å². The van der Waals surface area contributed by atoms with E-state index in [0.717, 1.165) is 33.8 Å². The summed E-state index contributed by atoms with van der Waals surface area (Å²) in [5, 5.41) is 11.1. The lowest BCUT2D eigenvalue weighted by Crippen LogP contribution is -2.18. The number of aromatic amines is 1. The molecule has 0 radical (unpaired) electrons. The molecule has 0 aliphatic carbocycles. The highest BCUT2D eigenvalue weighted by Gasteiger charge is 2.08. The minimum atomic E-state index is -0.132. The summed E-state index contributed by atoms with van der Waals surface area (Å²) in [5.41, 5.74) is 7.55. The third kappa shape index (κ3) is 5.54. The van der Waals surface area contributed by atoms with Crippen LogP contribution in [0.2, 0.25) is 0 Å². The number of ether oxygens (including phenoxy) is 1. The highest BCUT2D eigenvalue weighted by atomic mass is 16.5. The van der Waals surface area contributed by atoms with Gasteiger partial charge < -0.3 is 4.74 Å². The normalized spacial score (nSPS) is 10.9. The van der Waals surface area contributed by atoms with Gasteiger partial charge in [0, 0.05) is 12.1 Å². The Bertz CT molecular complexity index is 929. The molecule has 1 amide bonds. The number of carbonyl (C=O) groups excluding carboxylic acids is 1. The van der Waals surface area contributed by atoms with Crippen molar-refractivity contribution < 1.29 is 9.53 Å². The maximum absolute atomic E-state index is 12.0. The molecule has 0 fully saturated rings. The predicted octanol–water partition coefficient (Wildman–Crippen LogP) is 3.69. The van der Waals surface area contributed by atoms with Gasteiger partial charge in [-0.05, 0) is 49.1 Å². The van der Waals surface area contributed by atoms with E-state index in [4.69, 9.17) is 4.74 Å². The number of amides is 1. The summed E-state index contributed by atoms with van der Waals surface area (Å²) in [7, 11) is 0. The smallest absolute Gasteiger partial charge is 0.240 e. The molecule has 0 bridgehead atoms. The van der Waals surface area contributed by atoms with Gasteiger partial charge in [-0.25, -0.2) is 5.43 Å². The minimum absolute atomic E-state index is 0.132. The molecular weight excluding hydrogens is 352 g/mol. The first-order valence-corrected chi connectivity index (χ1v) is 9.21. The van der Waals surface area contributed by atoms with Gasteiger partial charge in [0.05, 0.1) is 11.9 Å². The van der Waals surface area contributed by atoms with Gasteiger partial charge in [0.1, 0.15) is 12.4 Å². The third-order valence-corrected chi connectivity index (χ3v) is 4.39. The SMILES string of the molecule is Cc1n[nH]c(C)c1CCC(=O)N/N=C\c1cccc(OCc2ccccc2)c1. The van der Waals surface area contributed by atoms with Crippen molar-refractivity contribution in [3.8, 4) is 5.75 Å². The van der Waals surface area contributed by atoms with Crippen molar-refractivity contribution in [1.29, 1.82) is 0 Å². The van der Waals surface area contributed by atoms with Gasteiger partial charge in [-0.15, -0.1) is 0 Å². The van der Waals surface area contributed by atoms with Crippen molar-refractivity contribution in [3.63, 3.8) is 0 Å². The second kappa shape index (κ2) is 9.50. The molecule has 3 aromatic rings. The minimum Gasteiger partial charge on any atom is -0.489 e. The molecule has 0 saturated carbocycles. The molecule has 0 atom stereocenters. The fraction of sp³-hybridized carbons (Fsp3) is 0.227. The Morgan fingerprint density at radius 1 is 1.18 bits per heavy atom. The summed E-state index contributed by atoms with van der Waals surface area (Å²) in [6.07, 6.45) is 2.61. The number of aromatic nitrogens is 2. The Kier molecular flexibility index (Phi) is 6.57. The maximum atomic E-state index is 12.0. The van der Waals surface area contributed by atoms with E-state index in [1.165, 1.54) is 0 Å². The molecule has 2 N–H and O–H groups in total. The first-order chi connectivity index (χ1) is 13.6. The standard InChI is InChI=1S/C22H24N4O2/c1-16-21(17(2)25-24-16)11-12-22(27)26-23-14-19-9-6-10-20(13-19)28-15-18-7-4-3-5-8-18/h3-10,13-14H,11-12,15H2,1-2H3,(H,24,25)(H,26,27)/b23-14-. The van der Waals surface area contributed by atoms with E-state index in [9.17, 15) is 4.79 Å². The zero-order chi connectivity index (χ0) is 19.8. The molecule has 1 aromatic heterocycles. The molecule has 1 heterocycles. The first-order valence-electron chi connectivity index (χ1n) is 9.21. The van der Waals surface area contributed by atoms with Crippen LogP contribution in [0.4, 0.5) is 0 Å². The van der Waals surface area contributed by atoms with Crippen molar-refractivity contribution >= 4 is 12.1 Å². The summed E-state index contributed by atoms with van der Waals surface area (Å²) in [5.74, 6) is 0.623. The van der Waals surface area contributed by atoms with Gasteiger partial charge in [0.25, 0.3) is 0 Å². The highest BCUT2D eigenvalue weighted by Crippen LogP contribution is 2.14. The number of aryl methyl sites for hydroxylation is 2. The fourth-order valence-corrected chi connectivity index (χ4v) is 2.84. The van der Waals surface area contributed by atoms with Crippen molar-refractivity contribution in [2.45, 2.75) is 33.3 Å². The lowest BCUT2D eigenvalue weighted by atomic mass is 10.1. The molecule has 0 saturated heterocycles. The summed E-state index contributed by atoms with van der Waals surface area (Å²) >= 11 is 0. The maximum Gasteiger partial charge on any atom is 0.240 e. The van der Waals surface area contributed by atoms with Crippen molar-refractivity contribution in [3.05, 3.63) is 82.7 Å². The molecule has 0 spiro atoms. The Hall–Kier alpha value is -3.41. The molecular formula is C22H24N4O2. The molecule has 0 unspecified atom stereocenters. The van der Waals surface area contributed by atoms with Crippen LogP contribution in [0.15, 0.2) is 59.7 Å². The number of nitrogens with zero attached hydrogens (tertiary/aromatic N) is 2. The van der Waals surface area contributed by atoms with Crippen LogP contribution in [0, 0.1) is 13.8 Å². The van der Waals surface area contributed by atoms with Crippen LogP contribution in [0.5, 0.6) is 5.75 Å². The molecule has 0 aliphatic rings. The fourth-order valence-electron chi connectivity index (χ4n) is 2.84. The number of rotatable bonds is 8. The molecule has 3 rings (SSSR count). The van der Waals surface area contributed by atoms with Crippen LogP contribution in [-0.4, -0.2) is 22.3 Å². The van der Waals surface area contributed by atoms with Gasteiger partial charge in [-0.2, -0.15) is 10.2 Å². The van der Waals surface area contributed by atoms with Gasteiger partial charge >= 0.3 is 0 Å². The average Bonchev–Trinajstić information content (AvgIpc) is 3.03. The van der Waals surface area contributed by atoms with Gasteiger partial charge in [-0.1, -0.05) is 42.5 Å². The summed E-state index contributed by atoms with van der Waals surface area (Å²) in [6.45, 7) is 4.39. The zero-order valence-corrected chi connectivity index (χ0v) is 16.1. The molecule has 144 valence electrons. The number of hydrogen-bond acceptors (Lipinski definition) is 4. The van der Waals surface area contributed by atoms with Crippen LogP contribution < -0.4 is 10.2 Å². The van der Waals surface area contributed by atoms with Gasteiger partial charge in [-0.3, -0.25) is 9.89 Å². The highest BCUT2D eigenvalue weighted by molar-refractivity contribution is 5.82. The van der Waals surface area contributed by atoms with E-state index >= 15 is 0 Å². The number of carbonyl (C=O) groups is 1. The van der Waals surface area contributed by atoms with E-state index < -0.39 is 0 Å².